The van der Waals surface area contributed by atoms with Crippen molar-refractivity contribution in [3.05, 3.63) is 40.1 Å². The van der Waals surface area contributed by atoms with Crippen LogP contribution in [0.1, 0.15) is 28.7 Å². The van der Waals surface area contributed by atoms with Crippen molar-refractivity contribution in [1.82, 2.24) is 15.3 Å². The van der Waals surface area contributed by atoms with Crippen molar-refractivity contribution in [1.29, 1.82) is 0 Å². The van der Waals surface area contributed by atoms with Crippen LogP contribution in [0.3, 0.4) is 0 Å². The Morgan fingerprint density at radius 1 is 1.32 bits per heavy atom. The van der Waals surface area contributed by atoms with Gasteiger partial charge < -0.3 is 36.8 Å². The van der Waals surface area contributed by atoms with Gasteiger partial charge in [0, 0.05) is 30.8 Å². The van der Waals surface area contributed by atoms with Crippen LogP contribution in [-0.4, -0.2) is 69.6 Å². The number of carboxylic acids is 2. The minimum atomic E-state index is -1.64. The number of anilines is 4. The summed E-state index contributed by atoms with van der Waals surface area (Å²) in [6.45, 7) is -0.0579. The Morgan fingerprint density at radius 3 is 2.65 bits per heavy atom. The minimum absolute atomic E-state index is 0.0808. The second kappa shape index (κ2) is 10.3. The van der Waals surface area contributed by atoms with Crippen molar-refractivity contribution in [2.45, 2.75) is 24.9 Å². The predicted octanol–water partition coefficient (Wildman–Crippen LogP) is -0.731. The van der Waals surface area contributed by atoms with Crippen LogP contribution < -0.4 is 32.1 Å². The zero-order chi connectivity index (χ0) is 28.3. The number of amides is 2. The molecule has 0 radical (unpaired) electrons. The van der Waals surface area contributed by atoms with E-state index in [1.165, 1.54) is 0 Å². The number of nitrogens with zero attached hydrogens (tertiary/aromatic N) is 2. The Labute approximate surface area is 197 Å². The number of carbonyl (C=O) groups excluding carboxylic acids is 2. The third kappa shape index (κ3) is 5.59. The Hall–Kier alpha value is -4.62. The van der Waals surface area contributed by atoms with Crippen LogP contribution >= 0.6 is 0 Å². The van der Waals surface area contributed by atoms with Gasteiger partial charge in [0.2, 0.25) is 12.4 Å². The number of hydrogen-bond donors (Lipinski definition) is 7. The highest BCUT2D eigenvalue weighted by atomic mass is 16.4. The molecule has 1 aromatic heterocycles. The van der Waals surface area contributed by atoms with Crippen molar-refractivity contribution in [2.75, 3.05) is 34.4 Å². The van der Waals surface area contributed by atoms with E-state index in [0.29, 0.717) is 6.41 Å². The molecule has 0 bridgehead atoms. The molecule has 14 heteroatoms. The van der Waals surface area contributed by atoms with Gasteiger partial charge in [0.25, 0.3) is 11.5 Å². The first-order chi connectivity index (χ1) is 17.9. The van der Waals surface area contributed by atoms with Crippen LogP contribution in [0, 0.1) is 0 Å². The average Bonchev–Trinajstić information content (AvgIpc) is 2.84. The molecule has 0 saturated heterocycles. The van der Waals surface area contributed by atoms with E-state index in [1.807, 2.05) is 5.32 Å². The number of nitrogens with one attached hydrogen (secondary N) is 4. The summed E-state index contributed by atoms with van der Waals surface area (Å²) in [5, 5.41) is 25.6. The molecule has 1 aliphatic rings. The standard InChI is InChI=1S/C20H23N7O7/c21-20-25-16-15(18(32)26-20)27(9-28)12(8-23-16)7-22-11-3-1-10(2-4-11)17(31)24-13(19(33)34)5-6-14(29)30/h1-4,9,12-13,22H,5-8H2,(H,24,31)(H,29,30)(H,33,34)(H4,21,23,25,26,32)/t12?,13-/m0/s1/i1D,2D,3D,4D. The maximum Gasteiger partial charge on any atom is 0.326 e. The molecule has 2 atom stereocenters. The number of aromatic nitrogens is 2. The van der Waals surface area contributed by atoms with Gasteiger partial charge in [0.05, 0.1) is 11.5 Å². The quantitative estimate of drug-likeness (QED) is 0.211. The van der Waals surface area contributed by atoms with Gasteiger partial charge in [-0.3, -0.25) is 24.2 Å². The van der Waals surface area contributed by atoms with Crippen molar-refractivity contribution in [3.8, 4) is 0 Å². The monoisotopic (exact) mass is 477 g/mol. The lowest BCUT2D eigenvalue weighted by Gasteiger charge is -2.34. The van der Waals surface area contributed by atoms with Crippen LogP contribution in [0.4, 0.5) is 23.1 Å². The average molecular weight is 477 g/mol. The molecule has 0 fully saturated rings. The molecule has 3 rings (SSSR count). The highest BCUT2D eigenvalue weighted by molar-refractivity contribution is 5.97. The summed E-state index contributed by atoms with van der Waals surface area (Å²) in [7, 11) is 0. The van der Waals surface area contributed by atoms with E-state index in [0.717, 1.165) is 4.90 Å². The second-order valence-corrected chi connectivity index (χ2v) is 7.12. The zero-order valence-electron chi connectivity index (χ0n) is 21.5. The molecule has 2 amide bonds. The molecule has 1 aromatic carbocycles. The Bertz CT molecular complexity index is 1340. The number of aromatic amines is 1. The van der Waals surface area contributed by atoms with E-state index >= 15 is 0 Å². The zero-order valence-corrected chi connectivity index (χ0v) is 17.5. The molecule has 2 heterocycles. The lowest BCUT2D eigenvalue weighted by molar-refractivity contribution is -0.140. The van der Waals surface area contributed by atoms with E-state index < -0.39 is 78.1 Å². The number of nitrogen functional groups attached to an aromatic ring is 1. The number of hydrogen-bond acceptors (Lipinski definition) is 9. The Morgan fingerprint density at radius 2 is 2.03 bits per heavy atom. The Balaban J connectivity index is 1.85. The number of benzene rings is 1. The van der Waals surface area contributed by atoms with E-state index in [9.17, 15) is 29.1 Å². The largest absolute Gasteiger partial charge is 0.481 e. The molecule has 1 unspecified atom stereocenters. The topological polar surface area (TPSA) is 220 Å². The number of aliphatic carboxylic acids is 2. The first-order valence-corrected chi connectivity index (χ1v) is 9.84. The van der Waals surface area contributed by atoms with E-state index in [-0.39, 0.29) is 36.2 Å². The van der Waals surface area contributed by atoms with E-state index in [2.05, 4.69) is 20.6 Å². The lowest BCUT2D eigenvalue weighted by atomic mass is 10.1. The fourth-order valence-corrected chi connectivity index (χ4v) is 3.14. The van der Waals surface area contributed by atoms with Gasteiger partial charge in [0.1, 0.15) is 6.04 Å². The van der Waals surface area contributed by atoms with Gasteiger partial charge in [-0.15, -0.1) is 0 Å². The van der Waals surface area contributed by atoms with Crippen molar-refractivity contribution < 1.29 is 34.9 Å². The molecule has 180 valence electrons. The number of fused-ring (bicyclic) bond motifs is 1. The van der Waals surface area contributed by atoms with Crippen LogP contribution in [0.15, 0.2) is 29.0 Å². The van der Waals surface area contributed by atoms with Crippen LogP contribution in [-0.2, 0) is 14.4 Å². The summed E-state index contributed by atoms with van der Waals surface area (Å²) in [6, 6.07) is -5.22. The van der Waals surface area contributed by atoms with E-state index in [1.54, 1.807) is 0 Å². The summed E-state index contributed by atoms with van der Waals surface area (Å²) in [5.74, 6) is -4.13. The van der Waals surface area contributed by atoms with Crippen molar-refractivity contribution in [2.24, 2.45) is 0 Å². The third-order valence-corrected chi connectivity index (χ3v) is 4.80. The molecule has 34 heavy (non-hydrogen) atoms. The first-order valence-electron chi connectivity index (χ1n) is 11.8. The van der Waals surface area contributed by atoms with Gasteiger partial charge in [-0.05, 0) is 30.6 Å². The minimum Gasteiger partial charge on any atom is -0.481 e. The normalized spacial score (nSPS) is 17.1. The van der Waals surface area contributed by atoms with Gasteiger partial charge in [0.15, 0.2) is 11.5 Å². The molecule has 1 aliphatic heterocycles. The van der Waals surface area contributed by atoms with Crippen LogP contribution in [0.2, 0.25) is 0 Å². The van der Waals surface area contributed by atoms with Gasteiger partial charge in [-0.2, -0.15) is 4.98 Å². The van der Waals surface area contributed by atoms with Crippen LogP contribution in [0.25, 0.3) is 0 Å². The summed E-state index contributed by atoms with van der Waals surface area (Å²) < 4.78 is 32.9. The molecule has 0 aliphatic carbocycles. The molecular formula is C20H23N7O7. The maximum absolute atomic E-state index is 12.7. The number of H-pyrrole nitrogens is 1. The fraction of sp³-hybridized carbons (Fsp3) is 0.300. The number of nitrogens with two attached hydrogens (primary N) is 1. The molecule has 8 N–H and O–H groups in total. The molecule has 0 spiro atoms. The summed E-state index contributed by atoms with van der Waals surface area (Å²) in [6.07, 6.45) is -0.637. The number of rotatable bonds is 10. The summed E-state index contributed by atoms with van der Waals surface area (Å²) in [5.41, 5.74) is 3.70. The van der Waals surface area contributed by atoms with Crippen LogP contribution in [0.5, 0.6) is 0 Å². The summed E-state index contributed by atoms with van der Waals surface area (Å²) in [4.78, 5) is 66.2. The third-order valence-electron chi connectivity index (χ3n) is 4.80. The summed E-state index contributed by atoms with van der Waals surface area (Å²) >= 11 is 0. The van der Waals surface area contributed by atoms with Gasteiger partial charge in [-0.25, -0.2) is 4.79 Å². The molecule has 14 nitrogen and oxygen atoms in total. The molecule has 0 saturated carbocycles. The van der Waals surface area contributed by atoms with Crippen molar-refractivity contribution in [3.63, 3.8) is 0 Å². The maximum atomic E-state index is 12.7. The van der Waals surface area contributed by atoms with Gasteiger partial charge >= 0.3 is 11.9 Å². The van der Waals surface area contributed by atoms with Gasteiger partial charge in [-0.1, -0.05) is 0 Å². The van der Waals surface area contributed by atoms with Crippen molar-refractivity contribution >= 4 is 47.4 Å². The second-order valence-electron chi connectivity index (χ2n) is 7.12. The molecular weight excluding hydrogens is 450 g/mol. The fourth-order valence-electron chi connectivity index (χ4n) is 3.14. The highest BCUT2D eigenvalue weighted by Crippen LogP contribution is 2.25. The number of carbonyl (C=O) groups is 4. The molecule has 2 aromatic rings. The smallest absolute Gasteiger partial charge is 0.326 e. The Kier molecular flexibility index (Phi) is 5.74. The highest BCUT2D eigenvalue weighted by Gasteiger charge is 2.29. The predicted molar refractivity (Wildman–Crippen MR) is 121 cm³/mol. The SMILES string of the molecule is [2H]c1c([2H])c(C(=O)N[C@@H](CCC(=O)O)C(=O)O)c([2H])c([2H])c1NCC1CNc2nc(N)[nH]c(=O)c2N1C=O. The lowest BCUT2D eigenvalue weighted by Crippen LogP contribution is -2.50. The number of carboxylic acid groups (broad SMARTS) is 2. The first kappa shape index (κ1) is 18.9. The van der Waals surface area contributed by atoms with E-state index in [4.69, 9.17) is 16.3 Å².